The molecule has 2 aromatic carbocycles. The van der Waals surface area contributed by atoms with Crippen LogP contribution in [-0.2, 0) is 9.53 Å². The van der Waals surface area contributed by atoms with Crippen molar-refractivity contribution in [2.75, 3.05) is 19.8 Å². The molecule has 2 aromatic rings. The summed E-state index contributed by atoms with van der Waals surface area (Å²) in [5.74, 6) is -0.997. The molecule has 1 N–H and O–H groups in total. The number of likely N-dealkylation sites (tertiary alicyclic amines) is 1. The molecule has 6 heteroatoms. The van der Waals surface area contributed by atoms with Crippen LogP contribution in [-0.4, -0.2) is 47.8 Å². The predicted molar refractivity (Wildman–Crippen MR) is 105 cm³/mol. The normalized spacial score (nSPS) is 24.6. The number of benzene rings is 2. The number of carbonyl (C=O) groups excluding carboxylic acids is 1. The van der Waals surface area contributed by atoms with Crippen LogP contribution in [0.4, 0.5) is 4.39 Å². The standard InChI is InChI=1S/C23H23FN2O3/c24-19-8-4-3-6-17(19)16-5-1-2-7-18(16)22-20(13-25)26(21(22)14-27)23(28)15-9-11-29-12-10-15/h1-8,15,20-22,27H,9-12,14H2/t20-,21-,22+/m0/s1. The largest absolute Gasteiger partial charge is 0.394 e. The van der Waals surface area contributed by atoms with Gasteiger partial charge in [0.15, 0.2) is 0 Å². The van der Waals surface area contributed by atoms with Crippen LogP contribution in [0.3, 0.4) is 0 Å². The second kappa shape index (κ2) is 8.32. The van der Waals surface area contributed by atoms with Crippen LogP contribution in [0.25, 0.3) is 11.1 Å². The van der Waals surface area contributed by atoms with E-state index in [0.29, 0.717) is 37.2 Å². The van der Waals surface area contributed by atoms with E-state index in [1.54, 1.807) is 18.2 Å². The summed E-state index contributed by atoms with van der Waals surface area (Å²) in [6.45, 7) is 0.818. The lowest BCUT2D eigenvalue weighted by atomic mass is 9.72. The third kappa shape index (κ3) is 3.41. The molecule has 150 valence electrons. The fourth-order valence-corrected chi connectivity index (χ4v) is 4.55. The number of aliphatic hydroxyl groups is 1. The molecule has 2 heterocycles. The summed E-state index contributed by atoms with van der Waals surface area (Å²) in [6.07, 6.45) is 1.25. The molecule has 0 bridgehead atoms. The molecule has 3 atom stereocenters. The maximum Gasteiger partial charge on any atom is 0.227 e. The van der Waals surface area contributed by atoms with E-state index in [4.69, 9.17) is 4.74 Å². The molecule has 0 aliphatic carbocycles. The van der Waals surface area contributed by atoms with Gasteiger partial charge in [0.05, 0.1) is 18.7 Å². The number of ether oxygens (including phenoxy) is 1. The quantitative estimate of drug-likeness (QED) is 0.865. The average molecular weight is 394 g/mol. The molecular weight excluding hydrogens is 371 g/mol. The number of aliphatic hydroxyl groups excluding tert-OH is 1. The Bertz CT molecular complexity index is 936. The van der Waals surface area contributed by atoms with Crippen molar-refractivity contribution in [1.82, 2.24) is 4.90 Å². The van der Waals surface area contributed by atoms with Crippen LogP contribution in [0.2, 0.25) is 0 Å². The summed E-state index contributed by atoms with van der Waals surface area (Å²) >= 11 is 0. The smallest absolute Gasteiger partial charge is 0.227 e. The Morgan fingerprint density at radius 2 is 1.79 bits per heavy atom. The molecule has 29 heavy (non-hydrogen) atoms. The van der Waals surface area contributed by atoms with E-state index in [2.05, 4.69) is 6.07 Å². The first kappa shape index (κ1) is 19.6. The Hall–Kier alpha value is -2.75. The van der Waals surface area contributed by atoms with Crippen LogP contribution in [0, 0.1) is 23.1 Å². The Kier molecular flexibility index (Phi) is 5.61. The first-order chi connectivity index (χ1) is 14.2. The van der Waals surface area contributed by atoms with E-state index in [9.17, 15) is 19.6 Å². The van der Waals surface area contributed by atoms with Gasteiger partial charge in [-0.05, 0) is 30.0 Å². The van der Waals surface area contributed by atoms with Crippen molar-refractivity contribution in [2.45, 2.75) is 30.8 Å². The van der Waals surface area contributed by atoms with Crippen LogP contribution >= 0.6 is 0 Å². The van der Waals surface area contributed by atoms with Gasteiger partial charge in [0.2, 0.25) is 5.91 Å². The topological polar surface area (TPSA) is 73.6 Å². The summed E-state index contributed by atoms with van der Waals surface area (Å²) in [4.78, 5) is 14.6. The lowest BCUT2D eigenvalue weighted by molar-refractivity contribution is -0.154. The zero-order valence-electron chi connectivity index (χ0n) is 16.0. The second-order valence-corrected chi connectivity index (χ2v) is 7.55. The summed E-state index contributed by atoms with van der Waals surface area (Å²) in [7, 11) is 0. The molecule has 0 unspecified atom stereocenters. The number of amides is 1. The van der Waals surface area contributed by atoms with Crippen molar-refractivity contribution in [1.29, 1.82) is 5.26 Å². The number of nitriles is 1. The predicted octanol–water partition coefficient (Wildman–Crippen LogP) is 3.10. The molecule has 0 saturated carbocycles. The van der Waals surface area contributed by atoms with Gasteiger partial charge >= 0.3 is 0 Å². The van der Waals surface area contributed by atoms with E-state index in [-0.39, 0.29) is 30.2 Å². The minimum atomic E-state index is -0.685. The van der Waals surface area contributed by atoms with Crippen LogP contribution in [0.1, 0.15) is 24.3 Å². The number of rotatable bonds is 4. The van der Waals surface area contributed by atoms with Gasteiger partial charge in [0.25, 0.3) is 0 Å². The lowest BCUT2D eigenvalue weighted by Gasteiger charge is -2.53. The highest BCUT2D eigenvalue weighted by atomic mass is 19.1. The fourth-order valence-electron chi connectivity index (χ4n) is 4.55. The molecule has 5 nitrogen and oxygen atoms in total. The fraction of sp³-hybridized carbons (Fsp3) is 0.391. The summed E-state index contributed by atoms with van der Waals surface area (Å²) < 4.78 is 19.8. The Labute approximate surface area is 169 Å². The number of carbonyl (C=O) groups is 1. The van der Waals surface area contributed by atoms with Gasteiger partial charge in [-0.15, -0.1) is 0 Å². The monoisotopic (exact) mass is 394 g/mol. The zero-order chi connectivity index (χ0) is 20.4. The van der Waals surface area contributed by atoms with Gasteiger partial charge in [-0.25, -0.2) is 4.39 Å². The summed E-state index contributed by atoms with van der Waals surface area (Å²) in [5.41, 5.74) is 1.91. The molecule has 2 aliphatic rings. The molecule has 0 spiro atoms. The molecule has 1 amide bonds. The van der Waals surface area contributed by atoms with Crippen molar-refractivity contribution in [3.05, 3.63) is 59.9 Å². The van der Waals surface area contributed by atoms with Gasteiger partial charge in [0.1, 0.15) is 11.9 Å². The third-order valence-electron chi connectivity index (χ3n) is 6.04. The molecule has 4 rings (SSSR count). The van der Waals surface area contributed by atoms with E-state index in [1.165, 1.54) is 11.0 Å². The van der Waals surface area contributed by atoms with Crippen LogP contribution in [0.5, 0.6) is 0 Å². The van der Waals surface area contributed by atoms with E-state index in [0.717, 1.165) is 5.56 Å². The van der Waals surface area contributed by atoms with Crippen molar-refractivity contribution < 1.29 is 19.0 Å². The highest BCUT2D eigenvalue weighted by molar-refractivity contribution is 5.82. The highest BCUT2D eigenvalue weighted by Gasteiger charge is 2.53. The van der Waals surface area contributed by atoms with Gasteiger partial charge in [-0.1, -0.05) is 42.5 Å². The highest BCUT2D eigenvalue weighted by Crippen LogP contribution is 2.45. The zero-order valence-corrected chi connectivity index (χ0v) is 16.0. The van der Waals surface area contributed by atoms with E-state index in [1.807, 2.05) is 24.3 Å². The summed E-state index contributed by atoms with van der Waals surface area (Å²) in [5, 5.41) is 19.9. The number of nitrogens with zero attached hydrogens (tertiary/aromatic N) is 2. The van der Waals surface area contributed by atoms with Crippen LogP contribution < -0.4 is 0 Å². The summed E-state index contributed by atoms with van der Waals surface area (Å²) in [6, 6.07) is 14.9. The lowest BCUT2D eigenvalue weighted by Crippen LogP contribution is -2.66. The first-order valence-corrected chi connectivity index (χ1v) is 9.91. The van der Waals surface area contributed by atoms with Gasteiger partial charge in [-0.2, -0.15) is 5.26 Å². The number of hydrogen-bond acceptors (Lipinski definition) is 4. The molecule has 0 aromatic heterocycles. The Balaban J connectivity index is 1.69. The number of hydrogen-bond donors (Lipinski definition) is 1. The van der Waals surface area contributed by atoms with Gasteiger partial charge in [-0.3, -0.25) is 4.79 Å². The minimum absolute atomic E-state index is 0.0986. The third-order valence-corrected chi connectivity index (χ3v) is 6.04. The average Bonchev–Trinajstić information content (AvgIpc) is 2.75. The minimum Gasteiger partial charge on any atom is -0.394 e. The second-order valence-electron chi connectivity index (χ2n) is 7.55. The van der Waals surface area contributed by atoms with E-state index < -0.39 is 12.1 Å². The molecule has 2 saturated heterocycles. The van der Waals surface area contributed by atoms with Crippen LogP contribution in [0.15, 0.2) is 48.5 Å². The van der Waals surface area contributed by atoms with Crippen molar-refractivity contribution in [2.24, 2.45) is 5.92 Å². The first-order valence-electron chi connectivity index (χ1n) is 9.91. The maximum atomic E-state index is 14.5. The van der Waals surface area contributed by atoms with Gasteiger partial charge < -0.3 is 14.7 Å². The maximum absolute atomic E-state index is 14.5. The molecule has 2 fully saturated rings. The molecule has 2 aliphatic heterocycles. The van der Waals surface area contributed by atoms with Crippen molar-refractivity contribution >= 4 is 5.91 Å². The van der Waals surface area contributed by atoms with Gasteiger partial charge in [0, 0.05) is 30.6 Å². The van der Waals surface area contributed by atoms with Crippen molar-refractivity contribution in [3.8, 4) is 17.2 Å². The van der Waals surface area contributed by atoms with E-state index >= 15 is 0 Å². The number of halogens is 1. The van der Waals surface area contributed by atoms with Crippen molar-refractivity contribution in [3.63, 3.8) is 0 Å². The Morgan fingerprint density at radius 1 is 1.14 bits per heavy atom. The Morgan fingerprint density at radius 3 is 2.45 bits per heavy atom. The SMILES string of the molecule is N#C[C@H]1[C@@H](c2ccccc2-c2ccccc2F)[C@H](CO)N1C(=O)C1CCOCC1. The molecular formula is C23H23FN2O3. The molecule has 0 radical (unpaired) electrons.